The second kappa shape index (κ2) is 8.09. The number of aromatic nitrogens is 2. The molecule has 0 saturated carbocycles. The fourth-order valence-corrected chi connectivity index (χ4v) is 4.02. The molecule has 1 atom stereocenters. The lowest BCUT2D eigenvalue weighted by Crippen LogP contribution is -2.58. The van der Waals surface area contributed by atoms with Crippen LogP contribution in [0.5, 0.6) is 0 Å². The molecule has 1 aliphatic heterocycles. The van der Waals surface area contributed by atoms with Crippen LogP contribution in [0.4, 0.5) is 0 Å². The molecule has 1 fully saturated rings. The largest absolute Gasteiger partial charge is 0.368 e. The number of piperazine rings is 1. The van der Waals surface area contributed by atoms with Crippen molar-refractivity contribution in [3.8, 4) is 5.69 Å². The topological polar surface area (TPSA) is 131 Å². The quantitative estimate of drug-likeness (QED) is 0.578. The van der Waals surface area contributed by atoms with Gasteiger partial charge in [0.1, 0.15) is 0 Å². The minimum Gasteiger partial charge on any atom is -0.368 e. The summed E-state index contributed by atoms with van der Waals surface area (Å²) in [4.78, 5) is 27.8. The van der Waals surface area contributed by atoms with E-state index in [1.807, 2.05) is 11.9 Å². The maximum Gasteiger partial charge on any atom is 0.250 e. The van der Waals surface area contributed by atoms with Crippen molar-refractivity contribution in [2.24, 2.45) is 5.73 Å². The SMILES string of the molecule is CN1CCN(C(=O)[C@@H](NS(=O)(=O)c2ccc(-n3cccn3)cc2)C(N)=O)CC1. The summed E-state index contributed by atoms with van der Waals surface area (Å²) < 4.78 is 29.0. The molecule has 2 amide bonds. The molecular formula is C17H22N6O4S. The number of sulfonamides is 1. The molecule has 3 N–H and O–H groups in total. The van der Waals surface area contributed by atoms with Gasteiger partial charge in [-0.25, -0.2) is 13.1 Å². The normalized spacial score (nSPS) is 16.7. The fourth-order valence-electron chi connectivity index (χ4n) is 2.86. The highest BCUT2D eigenvalue weighted by Crippen LogP contribution is 2.14. The molecule has 1 saturated heterocycles. The molecule has 2 heterocycles. The van der Waals surface area contributed by atoms with E-state index in [1.54, 1.807) is 35.3 Å². The van der Waals surface area contributed by atoms with Crippen molar-refractivity contribution >= 4 is 21.8 Å². The van der Waals surface area contributed by atoms with Gasteiger partial charge in [0.25, 0.3) is 5.91 Å². The van der Waals surface area contributed by atoms with E-state index in [9.17, 15) is 18.0 Å². The number of primary amides is 1. The number of carbonyl (C=O) groups is 2. The van der Waals surface area contributed by atoms with Gasteiger partial charge in [-0.1, -0.05) is 0 Å². The molecule has 0 aliphatic carbocycles. The molecule has 1 aromatic heterocycles. The first-order valence-electron chi connectivity index (χ1n) is 8.67. The Morgan fingerprint density at radius 2 is 1.79 bits per heavy atom. The van der Waals surface area contributed by atoms with Crippen LogP contribution < -0.4 is 10.5 Å². The third-order valence-electron chi connectivity index (χ3n) is 4.54. The average Bonchev–Trinajstić information content (AvgIpc) is 3.21. The lowest BCUT2D eigenvalue weighted by molar-refractivity contribution is -0.138. The number of amides is 2. The molecule has 28 heavy (non-hydrogen) atoms. The van der Waals surface area contributed by atoms with Crippen molar-refractivity contribution in [2.45, 2.75) is 10.9 Å². The van der Waals surface area contributed by atoms with Gasteiger partial charge in [-0.05, 0) is 37.4 Å². The monoisotopic (exact) mass is 406 g/mol. The highest BCUT2D eigenvalue weighted by molar-refractivity contribution is 7.89. The molecule has 1 aliphatic rings. The van der Waals surface area contributed by atoms with Gasteiger partial charge in [-0.2, -0.15) is 9.82 Å². The number of carbonyl (C=O) groups excluding carboxylic acids is 2. The van der Waals surface area contributed by atoms with E-state index in [0.717, 1.165) is 0 Å². The van der Waals surface area contributed by atoms with Gasteiger partial charge >= 0.3 is 0 Å². The third-order valence-corrected chi connectivity index (χ3v) is 5.97. The molecule has 3 rings (SSSR count). The van der Waals surface area contributed by atoms with Crippen LogP contribution >= 0.6 is 0 Å². The Labute approximate surface area is 163 Å². The van der Waals surface area contributed by atoms with Crippen molar-refractivity contribution in [2.75, 3.05) is 33.2 Å². The molecule has 2 aromatic rings. The third kappa shape index (κ3) is 4.38. The first kappa shape index (κ1) is 20.0. The first-order valence-corrected chi connectivity index (χ1v) is 10.2. The zero-order valence-electron chi connectivity index (χ0n) is 15.4. The van der Waals surface area contributed by atoms with Crippen LogP contribution in [0.2, 0.25) is 0 Å². The summed E-state index contributed by atoms with van der Waals surface area (Å²) in [5.74, 6) is -1.68. The summed E-state index contributed by atoms with van der Waals surface area (Å²) in [6.45, 7) is 2.08. The molecule has 0 radical (unpaired) electrons. The van der Waals surface area contributed by atoms with Crippen molar-refractivity contribution < 1.29 is 18.0 Å². The van der Waals surface area contributed by atoms with E-state index >= 15 is 0 Å². The highest BCUT2D eigenvalue weighted by atomic mass is 32.2. The molecule has 10 nitrogen and oxygen atoms in total. The fraction of sp³-hybridized carbons (Fsp3) is 0.353. The molecule has 0 unspecified atom stereocenters. The second-order valence-electron chi connectivity index (χ2n) is 6.53. The van der Waals surface area contributed by atoms with Crippen molar-refractivity contribution in [1.29, 1.82) is 0 Å². The molecule has 0 spiro atoms. The number of nitrogens with one attached hydrogen (secondary N) is 1. The van der Waals surface area contributed by atoms with Crippen LogP contribution in [0.3, 0.4) is 0 Å². The van der Waals surface area contributed by atoms with Gasteiger partial charge < -0.3 is 15.5 Å². The second-order valence-corrected chi connectivity index (χ2v) is 8.24. The molecule has 1 aromatic carbocycles. The Balaban J connectivity index is 1.76. The number of hydrogen-bond donors (Lipinski definition) is 2. The van der Waals surface area contributed by atoms with Crippen LogP contribution in [0.25, 0.3) is 5.69 Å². The maximum absolute atomic E-state index is 12.7. The summed E-state index contributed by atoms with van der Waals surface area (Å²) in [6, 6.07) is 5.98. The Bertz CT molecular complexity index is 935. The van der Waals surface area contributed by atoms with Crippen LogP contribution in [0.15, 0.2) is 47.6 Å². The van der Waals surface area contributed by atoms with E-state index in [4.69, 9.17) is 5.73 Å². The smallest absolute Gasteiger partial charge is 0.250 e. The molecule has 11 heteroatoms. The number of nitrogens with zero attached hydrogens (tertiary/aromatic N) is 4. The Hall–Kier alpha value is -2.76. The van der Waals surface area contributed by atoms with Gasteiger partial charge in [-0.15, -0.1) is 0 Å². The standard InChI is InChI=1S/C17H22N6O4S/c1-21-9-11-22(12-10-21)17(25)15(16(18)24)20-28(26,27)14-5-3-13(4-6-14)23-8-2-7-19-23/h2-8,15,20H,9-12H2,1H3,(H2,18,24)/t15-/m0/s1. The van der Waals surface area contributed by atoms with Crippen LogP contribution in [0.1, 0.15) is 0 Å². The number of rotatable bonds is 6. The molecule has 0 bridgehead atoms. The Morgan fingerprint density at radius 3 is 2.32 bits per heavy atom. The summed E-state index contributed by atoms with van der Waals surface area (Å²) in [7, 11) is -2.20. The Kier molecular flexibility index (Phi) is 5.77. The number of benzene rings is 1. The summed E-state index contributed by atoms with van der Waals surface area (Å²) >= 11 is 0. The summed E-state index contributed by atoms with van der Waals surface area (Å²) in [5.41, 5.74) is 5.98. The number of hydrogen-bond acceptors (Lipinski definition) is 6. The van der Waals surface area contributed by atoms with Crippen LogP contribution in [0, 0.1) is 0 Å². The molecular weight excluding hydrogens is 384 g/mol. The summed E-state index contributed by atoms with van der Waals surface area (Å²) in [5, 5.41) is 4.07. The lowest BCUT2D eigenvalue weighted by atomic mass is 10.2. The predicted octanol–water partition coefficient (Wildman–Crippen LogP) is -1.22. The average molecular weight is 406 g/mol. The van der Waals surface area contributed by atoms with E-state index < -0.39 is 27.9 Å². The van der Waals surface area contributed by atoms with E-state index in [1.165, 1.54) is 17.0 Å². The van der Waals surface area contributed by atoms with Gasteiger partial charge in [0, 0.05) is 38.6 Å². The van der Waals surface area contributed by atoms with Gasteiger partial charge in [0.2, 0.25) is 15.9 Å². The van der Waals surface area contributed by atoms with E-state index in [-0.39, 0.29) is 4.90 Å². The lowest BCUT2D eigenvalue weighted by Gasteiger charge is -2.34. The highest BCUT2D eigenvalue weighted by Gasteiger charge is 2.34. The first-order chi connectivity index (χ1) is 13.3. The zero-order chi connectivity index (χ0) is 20.3. The zero-order valence-corrected chi connectivity index (χ0v) is 16.2. The van der Waals surface area contributed by atoms with E-state index in [0.29, 0.717) is 31.9 Å². The van der Waals surface area contributed by atoms with Gasteiger partial charge in [-0.3, -0.25) is 9.59 Å². The van der Waals surface area contributed by atoms with Gasteiger partial charge in [0.05, 0.1) is 10.6 Å². The van der Waals surface area contributed by atoms with Gasteiger partial charge in [0.15, 0.2) is 6.04 Å². The minimum atomic E-state index is -4.12. The minimum absolute atomic E-state index is 0.0826. The maximum atomic E-state index is 12.7. The number of likely N-dealkylation sites (N-methyl/N-ethyl adjacent to an activating group) is 1. The predicted molar refractivity (Wildman–Crippen MR) is 101 cm³/mol. The van der Waals surface area contributed by atoms with Crippen molar-refractivity contribution in [3.05, 3.63) is 42.7 Å². The van der Waals surface area contributed by atoms with Crippen molar-refractivity contribution in [1.82, 2.24) is 24.3 Å². The molecule has 150 valence electrons. The summed E-state index contributed by atoms with van der Waals surface area (Å²) in [6.07, 6.45) is 3.33. The Morgan fingerprint density at radius 1 is 1.14 bits per heavy atom. The number of nitrogens with two attached hydrogens (primary N) is 1. The van der Waals surface area contributed by atoms with Crippen molar-refractivity contribution in [3.63, 3.8) is 0 Å². The van der Waals surface area contributed by atoms with Crippen LogP contribution in [-0.2, 0) is 19.6 Å². The van der Waals surface area contributed by atoms with E-state index in [2.05, 4.69) is 9.82 Å². The van der Waals surface area contributed by atoms with Crippen LogP contribution in [-0.4, -0.2) is 79.1 Å².